The van der Waals surface area contributed by atoms with Gasteiger partial charge in [-0.1, -0.05) is 302 Å². The van der Waals surface area contributed by atoms with E-state index in [1.165, 1.54) is 270 Å². The fourth-order valence-corrected chi connectivity index (χ4v) is 10.7. The summed E-state index contributed by atoms with van der Waals surface area (Å²) in [5.41, 5.74) is 0. The van der Waals surface area contributed by atoms with Crippen molar-refractivity contribution in [1.29, 1.82) is 0 Å². The first-order valence-corrected chi connectivity index (χ1v) is 33.5. The van der Waals surface area contributed by atoms with Crippen LogP contribution in [0.1, 0.15) is 335 Å². The highest BCUT2D eigenvalue weighted by molar-refractivity contribution is 7.45. The summed E-state index contributed by atoms with van der Waals surface area (Å²) in [5.74, 6) is -0.160. The van der Waals surface area contributed by atoms with Crippen molar-refractivity contribution in [2.45, 2.75) is 347 Å². The minimum atomic E-state index is -4.56. The van der Waals surface area contributed by atoms with Crippen molar-refractivity contribution in [3.05, 3.63) is 12.2 Å². The Bertz CT molecular complexity index is 1180. The Hall–Kier alpha value is -0.760. The lowest BCUT2D eigenvalue weighted by molar-refractivity contribution is -0.870. The maximum atomic E-state index is 13.0. The molecule has 0 aliphatic rings. The first-order chi connectivity index (χ1) is 35.0. The van der Waals surface area contributed by atoms with Gasteiger partial charge >= 0.3 is 0 Å². The number of hydrogen-bond acceptors (Lipinski definition) is 6. The number of nitrogens with one attached hydrogen (secondary N) is 1. The number of aliphatic hydroxyl groups is 1. The third kappa shape index (κ3) is 57.0. The number of phosphoric acid groups is 1. The predicted octanol–water partition coefficient (Wildman–Crippen LogP) is 19.1. The van der Waals surface area contributed by atoms with Gasteiger partial charge in [0.05, 0.1) is 39.9 Å². The maximum absolute atomic E-state index is 13.0. The average molecular weight is 1040 g/mol. The molecule has 3 unspecified atom stereocenters. The maximum Gasteiger partial charge on any atom is 0.268 e. The van der Waals surface area contributed by atoms with Crippen LogP contribution in [0.5, 0.6) is 0 Å². The second-order valence-electron chi connectivity index (χ2n) is 23.5. The van der Waals surface area contributed by atoms with Crippen molar-refractivity contribution in [3.63, 3.8) is 0 Å². The normalized spacial score (nSPS) is 13.8. The summed E-state index contributed by atoms with van der Waals surface area (Å²) in [4.78, 5) is 25.5. The number of rotatable bonds is 60. The first kappa shape index (κ1) is 71.2. The quantitative estimate of drug-likeness (QED) is 0.0272. The number of aliphatic hydroxyl groups excluding tert-OH is 1. The molecular formula is C63H127N2O6P. The van der Waals surface area contributed by atoms with E-state index >= 15 is 0 Å². The largest absolute Gasteiger partial charge is 0.756 e. The smallest absolute Gasteiger partial charge is 0.268 e. The number of allylic oxidation sites excluding steroid dienone is 2. The van der Waals surface area contributed by atoms with Crippen molar-refractivity contribution in [2.24, 2.45) is 0 Å². The summed E-state index contributed by atoms with van der Waals surface area (Å²) in [6, 6.07) is -0.796. The molecular weight excluding hydrogens is 912 g/mol. The van der Waals surface area contributed by atoms with Gasteiger partial charge in [0.2, 0.25) is 5.91 Å². The summed E-state index contributed by atoms with van der Waals surface area (Å²) in [5, 5.41) is 14.0. The van der Waals surface area contributed by atoms with Crippen LogP contribution in [-0.4, -0.2) is 68.5 Å². The minimum absolute atomic E-state index is 0.0150. The summed E-state index contributed by atoms with van der Waals surface area (Å²) in [6.07, 6.45) is 68.7. The SMILES string of the molecule is CCCCCCCCCCCCCCCCCCCC/C=C\CCCCCCCCCCCCCCCCCCCC(=O)NC(COP(=O)([O-])OCC[N+](C)(C)C)C(O)CCCCCCCCCCCCC. The molecule has 9 heteroatoms. The van der Waals surface area contributed by atoms with Gasteiger partial charge in [0.1, 0.15) is 13.2 Å². The molecule has 72 heavy (non-hydrogen) atoms. The molecule has 0 aromatic carbocycles. The van der Waals surface area contributed by atoms with Gasteiger partial charge in [0.15, 0.2) is 0 Å². The highest BCUT2D eigenvalue weighted by Crippen LogP contribution is 2.38. The van der Waals surface area contributed by atoms with Gasteiger partial charge in [0, 0.05) is 6.42 Å². The molecule has 0 fully saturated rings. The van der Waals surface area contributed by atoms with Crippen LogP contribution in [0.4, 0.5) is 0 Å². The third-order valence-corrected chi connectivity index (χ3v) is 16.0. The van der Waals surface area contributed by atoms with E-state index in [0.717, 1.165) is 38.5 Å². The number of hydrogen-bond donors (Lipinski definition) is 2. The van der Waals surface area contributed by atoms with E-state index in [4.69, 9.17) is 9.05 Å². The zero-order valence-electron chi connectivity index (χ0n) is 49.2. The van der Waals surface area contributed by atoms with E-state index in [1.807, 2.05) is 21.1 Å². The highest BCUT2D eigenvalue weighted by atomic mass is 31.2. The summed E-state index contributed by atoms with van der Waals surface area (Å²) in [7, 11) is 1.32. The molecule has 0 aromatic rings. The Kier molecular flexibility index (Phi) is 54.4. The van der Waals surface area contributed by atoms with Crippen LogP contribution in [0.25, 0.3) is 0 Å². The first-order valence-electron chi connectivity index (χ1n) is 32.0. The van der Waals surface area contributed by atoms with Crippen molar-refractivity contribution < 1.29 is 32.9 Å². The number of likely N-dealkylation sites (N-methyl/N-ethyl adjacent to an activating group) is 1. The van der Waals surface area contributed by atoms with Crippen molar-refractivity contribution in [3.8, 4) is 0 Å². The van der Waals surface area contributed by atoms with Crippen LogP contribution in [0.2, 0.25) is 0 Å². The molecule has 0 spiro atoms. The van der Waals surface area contributed by atoms with Gasteiger partial charge in [-0.25, -0.2) is 0 Å². The molecule has 0 rings (SSSR count). The molecule has 8 nitrogen and oxygen atoms in total. The van der Waals surface area contributed by atoms with Gasteiger partial charge in [-0.3, -0.25) is 9.36 Å². The molecule has 0 aliphatic heterocycles. The molecule has 0 radical (unpaired) electrons. The number of quaternary nitrogens is 1. The second-order valence-corrected chi connectivity index (χ2v) is 24.9. The lowest BCUT2D eigenvalue weighted by Crippen LogP contribution is -2.46. The zero-order chi connectivity index (χ0) is 52.7. The van der Waals surface area contributed by atoms with Gasteiger partial charge in [-0.15, -0.1) is 0 Å². The summed E-state index contributed by atoms with van der Waals surface area (Å²) >= 11 is 0. The van der Waals surface area contributed by atoms with Gasteiger partial charge in [-0.2, -0.15) is 0 Å². The summed E-state index contributed by atoms with van der Waals surface area (Å²) in [6.45, 7) is 4.75. The fraction of sp³-hybridized carbons (Fsp3) is 0.952. The number of carbonyl (C=O) groups excluding carboxylic acids is 1. The highest BCUT2D eigenvalue weighted by Gasteiger charge is 2.24. The molecule has 0 aliphatic carbocycles. The molecule has 0 saturated heterocycles. The minimum Gasteiger partial charge on any atom is -0.756 e. The molecule has 0 saturated carbocycles. The van der Waals surface area contributed by atoms with Crippen LogP contribution in [0, 0.1) is 0 Å². The van der Waals surface area contributed by atoms with E-state index in [2.05, 4.69) is 31.3 Å². The predicted molar refractivity (Wildman–Crippen MR) is 312 cm³/mol. The van der Waals surface area contributed by atoms with Crippen molar-refractivity contribution in [2.75, 3.05) is 40.9 Å². The molecule has 430 valence electrons. The van der Waals surface area contributed by atoms with Crippen LogP contribution < -0.4 is 10.2 Å². The van der Waals surface area contributed by atoms with E-state index in [0.29, 0.717) is 23.9 Å². The number of carbonyl (C=O) groups is 1. The van der Waals surface area contributed by atoms with E-state index in [-0.39, 0.29) is 19.1 Å². The Morgan fingerprint density at radius 2 is 0.764 bits per heavy atom. The molecule has 3 atom stereocenters. The van der Waals surface area contributed by atoms with Gasteiger partial charge < -0.3 is 28.8 Å². The molecule has 0 heterocycles. The molecule has 0 bridgehead atoms. The lowest BCUT2D eigenvalue weighted by atomic mass is 10.0. The van der Waals surface area contributed by atoms with Crippen LogP contribution in [-0.2, 0) is 18.4 Å². The van der Waals surface area contributed by atoms with Crippen molar-refractivity contribution >= 4 is 13.7 Å². The molecule has 1 amide bonds. The number of phosphoric ester groups is 1. The number of unbranched alkanes of at least 4 members (excludes halogenated alkanes) is 45. The average Bonchev–Trinajstić information content (AvgIpc) is 3.34. The van der Waals surface area contributed by atoms with Crippen molar-refractivity contribution in [1.82, 2.24) is 5.32 Å². The molecule has 2 N–H and O–H groups in total. The van der Waals surface area contributed by atoms with Gasteiger partial charge in [0.25, 0.3) is 7.82 Å². The Balaban J connectivity index is 3.79. The monoisotopic (exact) mass is 1040 g/mol. The summed E-state index contributed by atoms with van der Waals surface area (Å²) < 4.78 is 23.4. The van der Waals surface area contributed by atoms with E-state index < -0.39 is 20.0 Å². The zero-order valence-corrected chi connectivity index (χ0v) is 50.1. The van der Waals surface area contributed by atoms with Crippen LogP contribution in [0.3, 0.4) is 0 Å². The Morgan fingerprint density at radius 1 is 0.472 bits per heavy atom. The number of nitrogens with zero attached hydrogens (tertiary/aromatic N) is 1. The Labute approximate surface area is 450 Å². The second kappa shape index (κ2) is 55.0. The third-order valence-electron chi connectivity index (χ3n) is 15.0. The van der Waals surface area contributed by atoms with E-state index in [1.54, 1.807) is 0 Å². The molecule has 0 aromatic heterocycles. The van der Waals surface area contributed by atoms with Gasteiger partial charge in [-0.05, 0) is 38.5 Å². The van der Waals surface area contributed by atoms with Crippen LogP contribution in [0.15, 0.2) is 12.2 Å². The fourth-order valence-electron chi connectivity index (χ4n) is 9.98. The lowest BCUT2D eigenvalue weighted by Gasteiger charge is -2.30. The van der Waals surface area contributed by atoms with Crippen LogP contribution >= 0.6 is 7.82 Å². The number of amides is 1. The Morgan fingerprint density at radius 3 is 1.08 bits per heavy atom. The standard InChI is InChI=1S/C63H127N2O6P/c1-6-8-10-12-14-16-18-19-20-21-22-23-24-25-26-27-28-29-30-31-32-33-34-35-36-37-38-39-40-41-42-43-44-45-47-49-51-53-55-57-63(67)64-61(60-71-72(68,69)70-59-58-65(3,4)5)62(66)56-54-52-50-48-46-17-15-13-11-9-7-2/h31-32,61-62,66H,6-30,33-60H2,1-5H3,(H-,64,67,68,69)/b32-31-. The van der Waals surface area contributed by atoms with E-state index in [9.17, 15) is 19.4 Å². The topological polar surface area (TPSA) is 108 Å².